The van der Waals surface area contributed by atoms with Crippen LogP contribution in [0.3, 0.4) is 0 Å². The summed E-state index contributed by atoms with van der Waals surface area (Å²) in [4.78, 5) is 232. The lowest BCUT2D eigenvalue weighted by molar-refractivity contribution is -0.401. The smallest absolute Gasteiger partial charge is 0.367 e. The summed E-state index contributed by atoms with van der Waals surface area (Å²) in [5.74, 6) is -23.5. The highest BCUT2D eigenvalue weighted by atomic mass is 32.2. The average molecular weight is 1760 g/mol. The lowest BCUT2D eigenvalue weighted by atomic mass is 9.86. The molecular weight excluding hydrogens is 1650 g/mol. The SMILES string of the molecule is CCC(Cc1c(SC)cc(OC)c(OC)c1OC)N[C@H](C)C(=O)CC1OC(CO[C@]2(C(=O)OC)C[C@H](OC(C)=O)C(NC(C)=O)C([C@H](OC(C)=O)[C@@H](COC(C)=O)OC(C)=O)O2)[C@H](OC(C)=O)[C@H](OC2OC(COC(C)=O)[C@@H]3OC(=O)[C@]4(CC(OC(C)=O)C(NC(C)=O)C([C@H](OC(C)=O)[C@@H](COC(C)=O)OC(C)=O)O4)O[C@@H]3[C@H]2OC(C)=O)[C@H]1NC(C)=O. The standard InChI is InChI=1S/C77H108N4O40S/c1-22-47(23-48-58(122-21)25-51(99-17)63(101-19)62(48)100-18)78-32(2)49(96)24-50-59(79-33(3)82)68(64(111-43(13)92)57(115-50)31-106-76(74(97)102-20)26-52(107-39(9)88)60(80-34(4)83)69(119-76)65(112-44(14)93)54(109-41(11)90)28-103-36(6)85)117-73-72(114-46(16)95)71-67(56(116-73)30-105-38(8)87)118-75(98)77(121-71)27-53(108-40(10)89)61(81-35(5)84)70(120-77)66(113-45(15)94)55(110-42(12)91)29-104-37(7)86/h25,32,47,50,52-57,59-61,64-73,78H,22-24,26-31H2,1-21H3,(H,79,82)(H,80,83)(H,81,84)/t32-,47?,50?,52+,53?,54-,55-,56?,57?,59+,60?,61?,64+,65-,66-,67+,68-,69?,70?,71+,72-,73?,76-,77+/m1/s1. The van der Waals surface area contributed by atoms with Crippen molar-refractivity contribution in [1.29, 1.82) is 0 Å². The van der Waals surface area contributed by atoms with Gasteiger partial charge in [-0.05, 0) is 32.1 Å². The minimum absolute atomic E-state index is 0.198. The second kappa shape index (κ2) is 45.3. The van der Waals surface area contributed by atoms with Gasteiger partial charge >= 0.3 is 77.6 Å². The van der Waals surface area contributed by atoms with E-state index >= 15 is 14.4 Å². The zero-order valence-electron chi connectivity index (χ0n) is 71.4. The Labute approximate surface area is 705 Å². The molecule has 682 valence electrons. The molecule has 1 aromatic carbocycles. The maximum atomic E-state index is 15.5. The molecule has 1 aromatic rings. The number of carbonyl (C=O) groups excluding carboxylic acids is 17. The van der Waals surface area contributed by atoms with Gasteiger partial charge in [0.25, 0.3) is 11.6 Å². The van der Waals surface area contributed by atoms with E-state index in [1.165, 1.54) is 40.0 Å². The molecule has 44 nitrogen and oxygen atoms in total. The third kappa shape index (κ3) is 26.9. The Morgan fingerprint density at radius 3 is 1.46 bits per heavy atom. The van der Waals surface area contributed by atoms with Crippen molar-refractivity contribution in [2.45, 2.75) is 294 Å². The number of hydrogen-bond acceptors (Lipinski definition) is 42. The molecular formula is C77H108N4O40S. The summed E-state index contributed by atoms with van der Waals surface area (Å²) >= 11 is 1.37. The lowest BCUT2D eigenvalue weighted by Crippen LogP contribution is -2.75. The monoisotopic (exact) mass is 1760 g/mol. The van der Waals surface area contributed by atoms with E-state index < -0.39 is 293 Å². The highest BCUT2D eigenvalue weighted by Crippen LogP contribution is 2.48. The molecule has 24 atom stereocenters. The van der Waals surface area contributed by atoms with Crippen LogP contribution in [-0.2, 0) is 183 Å². The third-order valence-corrected chi connectivity index (χ3v) is 20.2. The first kappa shape index (κ1) is 101. The normalized spacial score (nSPS) is 28.0. The molecule has 122 heavy (non-hydrogen) atoms. The summed E-state index contributed by atoms with van der Waals surface area (Å²) in [6.45, 7) is 12.7. The van der Waals surface area contributed by atoms with E-state index in [0.29, 0.717) is 23.5 Å². The van der Waals surface area contributed by atoms with E-state index in [1.54, 1.807) is 6.07 Å². The van der Waals surface area contributed by atoms with Crippen LogP contribution in [0.15, 0.2) is 11.0 Å². The van der Waals surface area contributed by atoms with Crippen molar-refractivity contribution < 1.29 is 190 Å². The number of hydrogen-bond donors (Lipinski definition) is 4. The Morgan fingerprint density at radius 1 is 0.516 bits per heavy atom. The van der Waals surface area contributed by atoms with Gasteiger partial charge < -0.3 is 130 Å². The van der Waals surface area contributed by atoms with E-state index in [2.05, 4.69) is 21.3 Å². The van der Waals surface area contributed by atoms with Gasteiger partial charge in [0, 0.05) is 120 Å². The summed E-state index contributed by atoms with van der Waals surface area (Å²) in [7, 11) is 5.17. The third-order valence-electron chi connectivity index (χ3n) is 19.4. The first-order chi connectivity index (χ1) is 57.3. The highest BCUT2D eigenvalue weighted by molar-refractivity contribution is 7.98. The number of ether oxygens (including phenoxy) is 23. The minimum atomic E-state index is -3.08. The molecule has 5 saturated heterocycles. The predicted molar refractivity (Wildman–Crippen MR) is 404 cm³/mol. The van der Waals surface area contributed by atoms with Gasteiger partial charge in [0.05, 0.1) is 78.2 Å². The van der Waals surface area contributed by atoms with Crippen molar-refractivity contribution >= 4 is 113 Å². The van der Waals surface area contributed by atoms with Crippen molar-refractivity contribution in [2.75, 3.05) is 61.1 Å². The Morgan fingerprint density at radius 2 is 1.01 bits per heavy atom. The van der Waals surface area contributed by atoms with E-state index in [1.807, 2.05) is 13.2 Å². The van der Waals surface area contributed by atoms with Gasteiger partial charge in [0.1, 0.15) is 68.7 Å². The van der Waals surface area contributed by atoms with Crippen LogP contribution in [0.25, 0.3) is 0 Å². The molecule has 5 aliphatic heterocycles. The van der Waals surface area contributed by atoms with Gasteiger partial charge in [-0.3, -0.25) is 71.9 Å². The maximum Gasteiger partial charge on any atom is 0.367 e. The molecule has 0 radical (unpaired) electrons. The Bertz CT molecular complexity index is 3990. The van der Waals surface area contributed by atoms with Gasteiger partial charge in [-0.15, -0.1) is 11.8 Å². The van der Waals surface area contributed by atoms with Crippen LogP contribution in [0.2, 0.25) is 0 Å². The zero-order valence-corrected chi connectivity index (χ0v) is 72.2. The molecule has 0 saturated carbocycles. The number of nitrogens with one attached hydrogen (secondary N) is 4. The molecule has 45 heteroatoms. The van der Waals surface area contributed by atoms with E-state index in [4.69, 9.17) is 109 Å². The van der Waals surface area contributed by atoms with Crippen molar-refractivity contribution in [2.24, 2.45) is 0 Å². The van der Waals surface area contributed by atoms with Gasteiger partial charge in [-0.1, -0.05) is 6.92 Å². The van der Waals surface area contributed by atoms with Gasteiger partial charge in [0.2, 0.25) is 23.5 Å². The Kier molecular flexibility index (Phi) is 37.4. The van der Waals surface area contributed by atoms with Crippen molar-refractivity contribution in [3.8, 4) is 17.2 Å². The molecule has 5 aliphatic rings. The van der Waals surface area contributed by atoms with Gasteiger partial charge in [0.15, 0.2) is 66.3 Å². The largest absolute Gasteiger partial charge is 0.493 e. The first-order valence-electron chi connectivity index (χ1n) is 38.5. The molecule has 0 aromatic heterocycles. The quantitative estimate of drug-likeness (QED) is 0.0373. The number of methoxy groups -OCH3 is 4. The summed E-state index contributed by atoms with van der Waals surface area (Å²) in [6.07, 6.45) is -35.0. The number of fused-ring (bicyclic) bond motifs is 1. The van der Waals surface area contributed by atoms with Gasteiger partial charge in [-0.2, -0.15) is 0 Å². The number of Topliss-reactive ketones (excluding diaryl/α,β-unsaturated/α-hetero) is 1. The Hall–Kier alpha value is -10.2. The van der Waals surface area contributed by atoms with Crippen LogP contribution >= 0.6 is 11.8 Å². The maximum absolute atomic E-state index is 15.5. The molecule has 4 N–H and O–H groups in total. The van der Waals surface area contributed by atoms with Crippen LogP contribution in [0.5, 0.6) is 17.2 Å². The summed E-state index contributed by atoms with van der Waals surface area (Å²) in [6, 6.07) is -5.31. The number of esters is 13. The highest BCUT2D eigenvalue weighted by Gasteiger charge is 2.68. The van der Waals surface area contributed by atoms with Crippen molar-refractivity contribution in [3.05, 3.63) is 11.6 Å². The Balaban J connectivity index is 1.65. The molecule has 0 bridgehead atoms. The van der Waals surface area contributed by atoms with E-state index in [0.717, 1.165) is 109 Å². The van der Waals surface area contributed by atoms with Crippen LogP contribution in [0.1, 0.15) is 142 Å². The lowest BCUT2D eigenvalue weighted by Gasteiger charge is -2.55. The first-order valence-corrected chi connectivity index (χ1v) is 39.7. The van der Waals surface area contributed by atoms with E-state index in [-0.39, 0.29) is 12.2 Å². The molecule has 3 amide bonds. The van der Waals surface area contributed by atoms with Crippen molar-refractivity contribution in [3.63, 3.8) is 0 Å². The second-order valence-corrected chi connectivity index (χ2v) is 29.7. The summed E-state index contributed by atoms with van der Waals surface area (Å²) in [5, 5.41) is 11.1. The number of rotatable bonds is 39. The number of ketones is 1. The zero-order chi connectivity index (χ0) is 91.3. The average Bonchev–Trinajstić information content (AvgIpc) is 0.759. The number of thioether (sulfide) groups is 1. The fraction of sp³-hybridized carbons (Fsp3) is 0.701. The molecule has 5 heterocycles. The van der Waals surface area contributed by atoms with E-state index in [9.17, 15) is 67.1 Å². The molecule has 6 rings (SSSR count). The molecule has 10 unspecified atom stereocenters. The molecule has 5 fully saturated rings. The minimum Gasteiger partial charge on any atom is -0.493 e. The predicted octanol–water partition coefficient (Wildman–Crippen LogP) is -0.302. The summed E-state index contributed by atoms with van der Waals surface area (Å²) < 4.78 is 138. The summed E-state index contributed by atoms with van der Waals surface area (Å²) in [5.41, 5.74) is 0.658. The second-order valence-electron chi connectivity index (χ2n) is 28.9. The number of amides is 3. The molecule has 1 spiro atoms. The number of benzene rings is 1. The number of carbonyl (C=O) groups is 17. The molecule has 0 aliphatic carbocycles. The van der Waals surface area contributed by atoms with Crippen LogP contribution in [0, 0.1) is 0 Å². The fourth-order valence-electron chi connectivity index (χ4n) is 14.8. The van der Waals surface area contributed by atoms with Crippen LogP contribution in [-0.4, -0.2) is 308 Å². The van der Waals surface area contributed by atoms with Crippen LogP contribution in [0.4, 0.5) is 0 Å². The topological polar surface area (TPSA) is 551 Å². The van der Waals surface area contributed by atoms with Crippen LogP contribution < -0.4 is 35.5 Å². The van der Waals surface area contributed by atoms with Crippen molar-refractivity contribution in [1.82, 2.24) is 21.3 Å². The van der Waals surface area contributed by atoms with Gasteiger partial charge in [-0.25, -0.2) is 9.59 Å². The fourth-order valence-corrected chi connectivity index (χ4v) is 15.5.